The third-order valence-electron chi connectivity index (χ3n) is 3.74. The smallest absolute Gasteiger partial charge is 0.345 e. The predicted molar refractivity (Wildman–Crippen MR) is 88.7 cm³/mol. The van der Waals surface area contributed by atoms with Crippen LogP contribution in [0.5, 0.6) is 0 Å². The zero-order chi connectivity index (χ0) is 19.8. The Bertz CT molecular complexity index is 1120. The number of carbonyl (C=O) groups is 1. The number of amides is 1. The Hall–Kier alpha value is -2.95. The summed E-state index contributed by atoms with van der Waals surface area (Å²) < 4.78 is 63.3. The van der Waals surface area contributed by atoms with Crippen molar-refractivity contribution in [2.45, 2.75) is 17.6 Å². The van der Waals surface area contributed by atoms with E-state index in [-0.39, 0.29) is 28.5 Å². The Morgan fingerprint density at radius 3 is 2.52 bits per heavy atom. The van der Waals surface area contributed by atoms with Crippen molar-refractivity contribution in [3.63, 3.8) is 0 Å². The molecule has 0 aliphatic carbocycles. The molecule has 0 saturated heterocycles. The summed E-state index contributed by atoms with van der Waals surface area (Å²) in [5.74, 6) is -0.624. The number of sulfone groups is 1. The number of benzene rings is 1. The van der Waals surface area contributed by atoms with Gasteiger partial charge in [-0.3, -0.25) is 9.20 Å². The minimum absolute atomic E-state index is 0.0650. The maximum Gasteiger partial charge on any atom is 0.417 e. The molecule has 27 heavy (non-hydrogen) atoms. The molecule has 0 spiro atoms. The molecule has 0 aliphatic heterocycles. The summed E-state index contributed by atoms with van der Waals surface area (Å²) in [4.78, 5) is 12.2. The van der Waals surface area contributed by atoms with Gasteiger partial charge in [-0.25, -0.2) is 8.42 Å². The van der Waals surface area contributed by atoms with Gasteiger partial charge in [-0.15, -0.1) is 10.2 Å². The normalized spacial score (nSPS) is 12.3. The lowest BCUT2D eigenvalue weighted by Gasteiger charge is -2.09. The summed E-state index contributed by atoms with van der Waals surface area (Å²) in [6.45, 7) is -0.237. The number of rotatable bonds is 4. The van der Waals surface area contributed by atoms with E-state index in [1.165, 1.54) is 30.3 Å². The number of fused-ring (bicyclic) bond motifs is 1. The lowest BCUT2D eigenvalue weighted by molar-refractivity contribution is -0.137. The first-order chi connectivity index (χ1) is 12.6. The third kappa shape index (κ3) is 3.92. The van der Waals surface area contributed by atoms with E-state index < -0.39 is 27.5 Å². The Kier molecular flexibility index (Phi) is 4.64. The second-order valence-electron chi connectivity index (χ2n) is 5.71. The van der Waals surface area contributed by atoms with Crippen LogP contribution in [0.2, 0.25) is 0 Å². The maximum atomic E-state index is 12.9. The number of carbonyl (C=O) groups excluding carboxylic acids is 1. The number of hydrogen-bond donors (Lipinski definition) is 1. The number of halogens is 3. The SMILES string of the molecule is CS(=O)(=O)c1ccccc1C(=O)NCc1nnc2ccc(C(F)(F)F)cn12. The first-order valence-electron chi connectivity index (χ1n) is 7.55. The molecule has 1 amide bonds. The highest BCUT2D eigenvalue weighted by atomic mass is 32.2. The van der Waals surface area contributed by atoms with E-state index in [1.807, 2.05) is 0 Å². The van der Waals surface area contributed by atoms with E-state index >= 15 is 0 Å². The average molecular weight is 398 g/mol. The molecule has 0 fully saturated rings. The number of alkyl halides is 3. The number of pyridine rings is 1. The highest BCUT2D eigenvalue weighted by molar-refractivity contribution is 7.90. The van der Waals surface area contributed by atoms with Gasteiger partial charge in [0.25, 0.3) is 5.91 Å². The zero-order valence-electron chi connectivity index (χ0n) is 13.9. The molecule has 3 aromatic rings. The van der Waals surface area contributed by atoms with Crippen LogP contribution in [0, 0.1) is 0 Å². The zero-order valence-corrected chi connectivity index (χ0v) is 14.7. The summed E-state index contributed by atoms with van der Waals surface area (Å²) >= 11 is 0. The van der Waals surface area contributed by atoms with Crippen molar-refractivity contribution in [2.75, 3.05) is 6.26 Å². The topological polar surface area (TPSA) is 93.4 Å². The molecule has 1 N–H and O–H groups in total. The van der Waals surface area contributed by atoms with E-state index in [0.29, 0.717) is 0 Å². The van der Waals surface area contributed by atoms with Crippen molar-refractivity contribution >= 4 is 21.4 Å². The van der Waals surface area contributed by atoms with Crippen molar-refractivity contribution < 1.29 is 26.4 Å². The fourth-order valence-corrected chi connectivity index (χ4v) is 3.34. The lowest BCUT2D eigenvalue weighted by Crippen LogP contribution is -2.25. The predicted octanol–water partition coefficient (Wildman–Crippen LogP) is 2.08. The van der Waals surface area contributed by atoms with E-state index in [2.05, 4.69) is 15.5 Å². The minimum atomic E-state index is -4.53. The Balaban J connectivity index is 1.87. The van der Waals surface area contributed by atoms with Gasteiger partial charge in [-0.05, 0) is 24.3 Å². The number of aromatic nitrogens is 3. The van der Waals surface area contributed by atoms with Crippen LogP contribution in [0.15, 0.2) is 47.5 Å². The molecule has 0 unspecified atom stereocenters. The lowest BCUT2D eigenvalue weighted by atomic mass is 10.2. The summed E-state index contributed by atoms with van der Waals surface area (Å²) in [5.41, 5.74) is -0.765. The average Bonchev–Trinajstić information content (AvgIpc) is 3.00. The first-order valence-corrected chi connectivity index (χ1v) is 9.44. The standard InChI is InChI=1S/C16H13F3N4O3S/c1-27(25,26)12-5-3-2-4-11(12)15(24)20-8-14-22-21-13-7-6-10(9-23(13)14)16(17,18)19/h2-7,9H,8H2,1H3,(H,20,24). The third-order valence-corrected chi connectivity index (χ3v) is 4.89. The van der Waals surface area contributed by atoms with Crippen molar-refractivity contribution in [3.8, 4) is 0 Å². The van der Waals surface area contributed by atoms with Crippen LogP contribution in [0.25, 0.3) is 5.65 Å². The van der Waals surface area contributed by atoms with Crippen molar-refractivity contribution in [1.82, 2.24) is 19.9 Å². The highest BCUT2D eigenvalue weighted by Crippen LogP contribution is 2.29. The second-order valence-corrected chi connectivity index (χ2v) is 7.70. The quantitative estimate of drug-likeness (QED) is 0.726. The second kappa shape index (κ2) is 6.65. The van der Waals surface area contributed by atoms with Crippen molar-refractivity contribution in [2.24, 2.45) is 0 Å². The molecule has 11 heteroatoms. The van der Waals surface area contributed by atoms with Crippen LogP contribution in [0.4, 0.5) is 13.2 Å². The first kappa shape index (κ1) is 18.8. The molecule has 142 valence electrons. The summed E-state index contributed by atoms with van der Waals surface area (Å²) in [5, 5.41) is 9.97. The largest absolute Gasteiger partial charge is 0.417 e. The summed E-state index contributed by atoms with van der Waals surface area (Å²) in [6.07, 6.45) is -2.72. The summed E-state index contributed by atoms with van der Waals surface area (Å²) in [7, 11) is -3.63. The number of nitrogens with one attached hydrogen (secondary N) is 1. The fourth-order valence-electron chi connectivity index (χ4n) is 2.46. The molecule has 0 saturated carbocycles. The minimum Gasteiger partial charge on any atom is -0.345 e. The van der Waals surface area contributed by atoms with Crippen molar-refractivity contribution in [3.05, 3.63) is 59.5 Å². The van der Waals surface area contributed by atoms with Gasteiger partial charge >= 0.3 is 6.18 Å². The van der Waals surface area contributed by atoms with Gasteiger partial charge in [0.05, 0.1) is 22.6 Å². The molecular weight excluding hydrogens is 385 g/mol. The van der Waals surface area contributed by atoms with E-state index in [1.54, 1.807) is 0 Å². The molecule has 0 aliphatic rings. The molecule has 0 atom stereocenters. The van der Waals surface area contributed by atoms with Crippen LogP contribution in [0.1, 0.15) is 21.7 Å². The Labute approximate surface area is 151 Å². The van der Waals surface area contributed by atoms with Gasteiger partial charge in [-0.1, -0.05) is 12.1 Å². The molecule has 0 radical (unpaired) electrons. The Morgan fingerprint density at radius 2 is 1.85 bits per heavy atom. The van der Waals surface area contributed by atoms with E-state index in [9.17, 15) is 26.4 Å². The molecule has 7 nitrogen and oxygen atoms in total. The molecule has 2 aromatic heterocycles. The van der Waals surface area contributed by atoms with Crippen LogP contribution < -0.4 is 5.32 Å². The molecular formula is C16H13F3N4O3S. The van der Waals surface area contributed by atoms with Gasteiger partial charge in [0.15, 0.2) is 21.3 Å². The molecule has 1 aromatic carbocycles. The Morgan fingerprint density at radius 1 is 1.15 bits per heavy atom. The van der Waals surface area contributed by atoms with Crippen LogP contribution >= 0.6 is 0 Å². The molecule has 0 bridgehead atoms. The van der Waals surface area contributed by atoms with Crippen LogP contribution in [0.3, 0.4) is 0 Å². The number of hydrogen-bond acceptors (Lipinski definition) is 5. The molecule has 2 heterocycles. The fraction of sp³-hybridized carbons (Fsp3) is 0.188. The van der Waals surface area contributed by atoms with E-state index in [4.69, 9.17) is 0 Å². The maximum absolute atomic E-state index is 12.9. The number of nitrogens with zero attached hydrogens (tertiary/aromatic N) is 3. The highest BCUT2D eigenvalue weighted by Gasteiger charge is 2.31. The van der Waals surface area contributed by atoms with Gasteiger partial charge < -0.3 is 5.32 Å². The van der Waals surface area contributed by atoms with Crippen molar-refractivity contribution in [1.29, 1.82) is 0 Å². The molecule has 3 rings (SSSR count). The summed E-state index contributed by atoms with van der Waals surface area (Å²) in [6, 6.07) is 7.68. The van der Waals surface area contributed by atoms with Gasteiger partial charge in [-0.2, -0.15) is 13.2 Å². The van der Waals surface area contributed by atoms with Crippen LogP contribution in [-0.4, -0.2) is 35.2 Å². The van der Waals surface area contributed by atoms with Gasteiger partial charge in [0, 0.05) is 12.5 Å². The van der Waals surface area contributed by atoms with E-state index in [0.717, 1.165) is 22.9 Å². The van der Waals surface area contributed by atoms with Crippen LogP contribution in [-0.2, 0) is 22.6 Å². The monoisotopic (exact) mass is 398 g/mol. The van der Waals surface area contributed by atoms with Gasteiger partial charge in [0.2, 0.25) is 0 Å². The van der Waals surface area contributed by atoms with Gasteiger partial charge in [0.1, 0.15) is 0 Å².